The van der Waals surface area contributed by atoms with Crippen molar-refractivity contribution >= 4 is 6.03 Å². The zero-order chi connectivity index (χ0) is 19.2. The number of methoxy groups -OCH3 is 1. The van der Waals surface area contributed by atoms with Crippen molar-refractivity contribution in [1.29, 1.82) is 0 Å². The zero-order valence-corrected chi connectivity index (χ0v) is 14.7. The van der Waals surface area contributed by atoms with Gasteiger partial charge in [0.05, 0.1) is 5.56 Å². The number of hydrogen-bond donors (Lipinski definition) is 1. The number of carbonyl (C=O) groups excluding carboxylic acids is 1. The highest BCUT2D eigenvalue weighted by atomic mass is 19.4. The van der Waals surface area contributed by atoms with Crippen LogP contribution in [0.2, 0.25) is 0 Å². The number of piperidine rings is 1. The van der Waals surface area contributed by atoms with Crippen molar-refractivity contribution in [1.82, 2.24) is 10.2 Å². The smallest absolute Gasteiger partial charge is 0.385 e. The predicted molar refractivity (Wildman–Crippen MR) is 89.0 cm³/mol. The molecule has 0 bridgehead atoms. The molecule has 0 radical (unpaired) electrons. The van der Waals surface area contributed by atoms with E-state index in [2.05, 4.69) is 5.32 Å². The normalized spacial score (nSPS) is 18.0. The quantitative estimate of drug-likeness (QED) is 0.597. The molecule has 146 valence electrons. The van der Waals surface area contributed by atoms with Gasteiger partial charge in [0.15, 0.2) is 0 Å². The summed E-state index contributed by atoms with van der Waals surface area (Å²) >= 11 is 0. The number of likely N-dealkylation sites (tertiary alicyclic amines) is 1. The summed E-state index contributed by atoms with van der Waals surface area (Å²) in [7, 11) is 1.65. The predicted octanol–water partition coefficient (Wildman–Crippen LogP) is 4.19. The van der Waals surface area contributed by atoms with E-state index >= 15 is 0 Å². The highest BCUT2D eigenvalue weighted by Crippen LogP contribution is 2.30. The monoisotopic (exact) mass is 376 g/mol. The van der Waals surface area contributed by atoms with Crippen molar-refractivity contribution in [3.05, 3.63) is 35.1 Å². The molecule has 0 spiro atoms. The summed E-state index contributed by atoms with van der Waals surface area (Å²) in [5.74, 6) is -0.566. The molecule has 0 aliphatic carbocycles. The van der Waals surface area contributed by atoms with Crippen LogP contribution in [0.5, 0.6) is 0 Å². The second kappa shape index (κ2) is 9.21. The van der Waals surface area contributed by atoms with Crippen LogP contribution in [0.3, 0.4) is 0 Å². The molecule has 8 heteroatoms. The number of hydrogen-bond acceptors (Lipinski definition) is 2. The third-order valence-corrected chi connectivity index (χ3v) is 4.58. The molecule has 0 unspecified atom stereocenters. The van der Waals surface area contributed by atoms with E-state index in [1.54, 1.807) is 12.0 Å². The number of nitrogens with zero attached hydrogens (tertiary/aromatic N) is 1. The van der Waals surface area contributed by atoms with Gasteiger partial charge in [-0.15, -0.1) is 0 Å². The number of amides is 2. The summed E-state index contributed by atoms with van der Waals surface area (Å²) in [5, 5.41) is 2.60. The Bertz CT molecular complexity index is 607. The lowest BCUT2D eigenvalue weighted by atomic mass is 9.94. The van der Waals surface area contributed by atoms with E-state index in [9.17, 15) is 22.4 Å². The molecule has 1 aliphatic heterocycles. The summed E-state index contributed by atoms with van der Waals surface area (Å²) in [4.78, 5) is 14.0. The number of nitrogens with one attached hydrogen (secondary N) is 1. The molecule has 2 rings (SSSR count). The molecule has 1 fully saturated rings. The van der Waals surface area contributed by atoms with E-state index in [1.807, 2.05) is 0 Å². The van der Waals surface area contributed by atoms with Gasteiger partial charge in [-0.1, -0.05) is 6.07 Å². The molecule has 1 saturated heterocycles. The molecule has 1 N–H and O–H groups in total. The van der Waals surface area contributed by atoms with Gasteiger partial charge in [0.25, 0.3) is 0 Å². The van der Waals surface area contributed by atoms with E-state index in [0.29, 0.717) is 31.7 Å². The van der Waals surface area contributed by atoms with Crippen LogP contribution < -0.4 is 5.32 Å². The maximum Gasteiger partial charge on any atom is 0.416 e. The maximum atomic E-state index is 13.8. The third-order valence-electron chi connectivity index (χ3n) is 4.58. The molecule has 2 amide bonds. The summed E-state index contributed by atoms with van der Waals surface area (Å²) < 4.78 is 56.5. The highest BCUT2D eigenvalue weighted by Gasteiger charge is 2.31. The average Bonchev–Trinajstić information content (AvgIpc) is 2.60. The summed E-state index contributed by atoms with van der Waals surface area (Å²) in [6.07, 6.45) is -0.715. The molecule has 0 saturated carbocycles. The van der Waals surface area contributed by atoms with Crippen LogP contribution >= 0.6 is 0 Å². The van der Waals surface area contributed by atoms with Gasteiger partial charge in [0, 0.05) is 38.9 Å². The minimum Gasteiger partial charge on any atom is -0.385 e. The first-order valence-electron chi connectivity index (χ1n) is 8.68. The summed E-state index contributed by atoms with van der Waals surface area (Å²) in [6.45, 7) is 1.80. The fourth-order valence-corrected chi connectivity index (χ4v) is 3.15. The zero-order valence-electron chi connectivity index (χ0n) is 14.7. The van der Waals surface area contributed by atoms with Gasteiger partial charge in [0.1, 0.15) is 5.82 Å². The largest absolute Gasteiger partial charge is 0.416 e. The molecule has 26 heavy (non-hydrogen) atoms. The second-order valence-electron chi connectivity index (χ2n) is 6.55. The molecule has 1 aliphatic rings. The first-order chi connectivity index (χ1) is 12.3. The molecule has 0 aromatic heterocycles. The lowest BCUT2D eigenvalue weighted by Gasteiger charge is -2.32. The Morgan fingerprint density at radius 2 is 2.15 bits per heavy atom. The van der Waals surface area contributed by atoms with Crippen molar-refractivity contribution in [2.45, 2.75) is 38.4 Å². The minimum absolute atomic E-state index is 0.0278. The average molecular weight is 376 g/mol. The number of urea groups is 1. The SMILES string of the molecule is COCCC[C@H]1CCCN(C(=O)NCc2ccc(C(F)(F)F)cc2F)C1. The van der Waals surface area contributed by atoms with Gasteiger partial charge < -0.3 is 15.0 Å². The first kappa shape index (κ1) is 20.5. The van der Waals surface area contributed by atoms with Crippen LogP contribution in [0.15, 0.2) is 18.2 Å². The van der Waals surface area contributed by atoms with Crippen LogP contribution in [0.4, 0.5) is 22.4 Å². The molecular formula is C18H24F4N2O2. The number of alkyl halides is 3. The Labute approximate surface area is 150 Å². The number of rotatable bonds is 6. The van der Waals surface area contributed by atoms with Crippen molar-refractivity contribution in [2.75, 3.05) is 26.8 Å². The van der Waals surface area contributed by atoms with Crippen LogP contribution in [-0.4, -0.2) is 37.7 Å². The van der Waals surface area contributed by atoms with Gasteiger partial charge in [-0.25, -0.2) is 9.18 Å². The van der Waals surface area contributed by atoms with Crippen LogP contribution in [0.1, 0.15) is 36.8 Å². The first-order valence-corrected chi connectivity index (χ1v) is 8.68. The fraction of sp³-hybridized carbons (Fsp3) is 0.611. The Morgan fingerprint density at radius 1 is 1.38 bits per heavy atom. The third kappa shape index (κ3) is 5.86. The number of halogens is 4. The summed E-state index contributed by atoms with van der Waals surface area (Å²) in [5.41, 5.74) is -1.01. The maximum absolute atomic E-state index is 13.8. The molecule has 1 heterocycles. The lowest BCUT2D eigenvalue weighted by Crippen LogP contribution is -2.45. The highest BCUT2D eigenvalue weighted by molar-refractivity contribution is 5.74. The van der Waals surface area contributed by atoms with E-state index < -0.39 is 17.6 Å². The van der Waals surface area contributed by atoms with Crippen LogP contribution in [0, 0.1) is 11.7 Å². The van der Waals surface area contributed by atoms with Gasteiger partial charge in [-0.05, 0) is 43.7 Å². The second-order valence-corrected chi connectivity index (χ2v) is 6.55. The van der Waals surface area contributed by atoms with Crippen molar-refractivity contribution in [3.63, 3.8) is 0 Å². The Kier molecular flexibility index (Phi) is 7.25. The van der Waals surface area contributed by atoms with Crippen molar-refractivity contribution in [3.8, 4) is 0 Å². The topological polar surface area (TPSA) is 41.6 Å². The van der Waals surface area contributed by atoms with Crippen molar-refractivity contribution < 1.29 is 27.1 Å². The van der Waals surface area contributed by atoms with E-state index in [1.165, 1.54) is 0 Å². The van der Waals surface area contributed by atoms with Crippen molar-refractivity contribution in [2.24, 2.45) is 5.92 Å². The standard InChI is InChI=1S/C18H24F4N2O2/c1-26-9-3-5-13-4-2-8-24(12-13)17(25)23-11-14-6-7-15(10-16(14)19)18(20,21)22/h6-7,10,13H,2-5,8-9,11-12H2,1H3,(H,23,25)/t13-/m1/s1. The molecule has 1 aromatic rings. The Balaban J connectivity index is 1.86. The van der Waals surface area contributed by atoms with Gasteiger partial charge in [0.2, 0.25) is 0 Å². The number of ether oxygens (including phenoxy) is 1. The molecule has 4 nitrogen and oxygen atoms in total. The summed E-state index contributed by atoms with van der Waals surface area (Å²) in [6, 6.07) is 2.01. The van der Waals surface area contributed by atoms with Gasteiger partial charge >= 0.3 is 12.2 Å². The van der Waals surface area contributed by atoms with Crippen LogP contribution in [-0.2, 0) is 17.5 Å². The Hall–Kier alpha value is -1.83. The van der Waals surface area contributed by atoms with Gasteiger partial charge in [-0.2, -0.15) is 13.2 Å². The molecular weight excluding hydrogens is 352 g/mol. The molecule has 1 atom stereocenters. The van der Waals surface area contributed by atoms with E-state index in [0.717, 1.165) is 37.8 Å². The number of carbonyl (C=O) groups is 1. The van der Waals surface area contributed by atoms with Crippen LogP contribution in [0.25, 0.3) is 0 Å². The van der Waals surface area contributed by atoms with E-state index in [4.69, 9.17) is 4.74 Å². The van der Waals surface area contributed by atoms with E-state index in [-0.39, 0.29) is 18.1 Å². The Morgan fingerprint density at radius 3 is 2.81 bits per heavy atom. The number of benzene rings is 1. The van der Waals surface area contributed by atoms with Gasteiger partial charge in [-0.3, -0.25) is 0 Å². The molecule has 1 aromatic carbocycles. The lowest BCUT2D eigenvalue weighted by molar-refractivity contribution is -0.137. The minimum atomic E-state index is -4.59. The fourth-order valence-electron chi connectivity index (χ4n) is 3.15.